The highest BCUT2D eigenvalue weighted by Crippen LogP contribution is 2.27. The van der Waals surface area contributed by atoms with Gasteiger partial charge >= 0.3 is 0 Å². The number of methoxy groups -OCH3 is 1. The minimum absolute atomic E-state index is 0.00393. The first kappa shape index (κ1) is 12.0. The van der Waals surface area contributed by atoms with Crippen LogP contribution >= 0.6 is 0 Å². The highest BCUT2D eigenvalue weighted by atomic mass is 16.5. The van der Waals surface area contributed by atoms with Gasteiger partial charge in [-0.15, -0.1) is 0 Å². The van der Waals surface area contributed by atoms with Crippen molar-refractivity contribution in [1.29, 1.82) is 0 Å². The molecule has 84 valence electrons. The van der Waals surface area contributed by atoms with Crippen molar-refractivity contribution in [2.24, 2.45) is 0 Å². The zero-order valence-corrected chi connectivity index (χ0v) is 9.85. The number of hydrogen-bond acceptors (Lipinski definition) is 3. The molecule has 0 aromatic heterocycles. The van der Waals surface area contributed by atoms with Crippen molar-refractivity contribution in [2.75, 3.05) is 13.8 Å². The predicted octanol–water partition coefficient (Wildman–Crippen LogP) is 1.66. The molecule has 3 nitrogen and oxygen atoms in total. The third-order valence-corrected chi connectivity index (χ3v) is 2.84. The van der Waals surface area contributed by atoms with Crippen LogP contribution in [0.5, 0.6) is 5.75 Å². The summed E-state index contributed by atoms with van der Waals surface area (Å²) in [6, 6.07) is 2.04. The topological polar surface area (TPSA) is 41.5 Å². The standard InChI is InChI=1S/C12H19NO2/c1-8-5-12(15-4)10(3)9(2)11(8)6-13-7-14/h5,13-14H,6-7H2,1-4H3. The van der Waals surface area contributed by atoms with Gasteiger partial charge in [-0.25, -0.2) is 0 Å². The zero-order chi connectivity index (χ0) is 11.4. The lowest BCUT2D eigenvalue weighted by Gasteiger charge is -2.15. The lowest BCUT2D eigenvalue weighted by atomic mass is 9.97. The Bertz CT molecular complexity index is 348. The van der Waals surface area contributed by atoms with Gasteiger partial charge in [-0.05, 0) is 49.1 Å². The van der Waals surface area contributed by atoms with Gasteiger partial charge in [-0.1, -0.05) is 0 Å². The summed E-state index contributed by atoms with van der Waals surface area (Å²) in [5.41, 5.74) is 4.82. The van der Waals surface area contributed by atoms with Crippen LogP contribution in [0.15, 0.2) is 6.07 Å². The van der Waals surface area contributed by atoms with Crippen molar-refractivity contribution >= 4 is 0 Å². The summed E-state index contributed by atoms with van der Waals surface area (Å²) in [6.07, 6.45) is 0. The fourth-order valence-electron chi connectivity index (χ4n) is 1.76. The van der Waals surface area contributed by atoms with Crippen LogP contribution in [0.2, 0.25) is 0 Å². The van der Waals surface area contributed by atoms with E-state index in [0.29, 0.717) is 6.54 Å². The first-order valence-electron chi connectivity index (χ1n) is 5.07. The summed E-state index contributed by atoms with van der Waals surface area (Å²) in [5.74, 6) is 0.928. The third kappa shape index (κ3) is 2.49. The number of rotatable bonds is 4. The van der Waals surface area contributed by atoms with Gasteiger partial charge in [-0.3, -0.25) is 5.32 Å². The van der Waals surface area contributed by atoms with Crippen molar-refractivity contribution in [3.05, 3.63) is 28.3 Å². The average Bonchev–Trinajstić information content (AvgIpc) is 2.23. The van der Waals surface area contributed by atoms with Crippen LogP contribution in [0.3, 0.4) is 0 Å². The molecule has 0 heterocycles. The van der Waals surface area contributed by atoms with Crippen molar-refractivity contribution in [3.63, 3.8) is 0 Å². The van der Waals surface area contributed by atoms with Crippen LogP contribution in [-0.4, -0.2) is 18.9 Å². The molecular formula is C12H19NO2. The second-order valence-electron chi connectivity index (χ2n) is 3.71. The van der Waals surface area contributed by atoms with Gasteiger partial charge in [0, 0.05) is 6.54 Å². The summed E-state index contributed by atoms with van der Waals surface area (Å²) < 4.78 is 5.30. The molecule has 1 aromatic rings. The van der Waals surface area contributed by atoms with Crippen molar-refractivity contribution in [1.82, 2.24) is 5.32 Å². The highest BCUT2D eigenvalue weighted by molar-refractivity contribution is 5.47. The van der Waals surface area contributed by atoms with E-state index >= 15 is 0 Å². The van der Waals surface area contributed by atoms with Crippen molar-refractivity contribution < 1.29 is 9.84 Å². The van der Waals surface area contributed by atoms with E-state index in [1.54, 1.807) is 7.11 Å². The third-order valence-electron chi connectivity index (χ3n) is 2.84. The van der Waals surface area contributed by atoms with E-state index < -0.39 is 0 Å². The molecule has 1 aromatic carbocycles. The summed E-state index contributed by atoms with van der Waals surface area (Å²) in [7, 11) is 1.69. The molecule has 15 heavy (non-hydrogen) atoms. The number of nitrogens with one attached hydrogen (secondary N) is 1. The predicted molar refractivity (Wildman–Crippen MR) is 61.1 cm³/mol. The Morgan fingerprint density at radius 1 is 1.27 bits per heavy atom. The largest absolute Gasteiger partial charge is 0.496 e. The number of aryl methyl sites for hydroxylation is 1. The summed E-state index contributed by atoms with van der Waals surface area (Å²) >= 11 is 0. The van der Waals surface area contributed by atoms with E-state index in [1.807, 2.05) is 6.07 Å². The Kier molecular flexibility index (Phi) is 4.12. The number of hydrogen-bond donors (Lipinski definition) is 2. The van der Waals surface area contributed by atoms with Crippen molar-refractivity contribution in [3.8, 4) is 5.75 Å². The van der Waals surface area contributed by atoms with E-state index in [9.17, 15) is 0 Å². The van der Waals surface area contributed by atoms with Crippen LogP contribution in [0.25, 0.3) is 0 Å². The number of benzene rings is 1. The molecule has 0 aliphatic carbocycles. The van der Waals surface area contributed by atoms with Gasteiger partial charge in [0.1, 0.15) is 5.75 Å². The van der Waals surface area contributed by atoms with Gasteiger partial charge < -0.3 is 9.84 Å². The molecular weight excluding hydrogens is 190 g/mol. The van der Waals surface area contributed by atoms with E-state index in [-0.39, 0.29) is 6.73 Å². The smallest absolute Gasteiger partial charge is 0.122 e. The molecule has 0 aliphatic heterocycles. The second-order valence-corrected chi connectivity index (χ2v) is 3.71. The van der Waals surface area contributed by atoms with E-state index in [0.717, 1.165) is 11.3 Å². The van der Waals surface area contributed by atoms with Crippen LogP contribution < -0.4 is 10.1 Å². The molecule has 2 N–H and O–H groups in total. The first-order valence-corrected chi connectivity index (χ1v) is 5.07. The number of aliphatic hydroxyl groups excluding tert-OH is 1. The molecule has 0 unspecified atom stereocenters. The molecule has 0 radical (unpaired) electrons. The Hall–Kier alpha value is -1.06. The molecule has 0 fully saturated rings. The van der Waals surface area contributed by atoms with Crippen LogP contribution in [0, 0.1) is 20.8 Å². The Morgan fingerprint density at radius 3 is 2.47 bits per heavy atom. The Balaban J connectivity index is 3.11. The molecule has 3 heteroatoms. The van der Waals surface area contributed by atoms with Gasteiger partial charge in [0.2, 0.25) is 0 Å². The van der Waals surface area contributed by atoms with Gasteiger partial charge in [0.15, 0.2) is 0 Å². The number of aliphatic hydroxyl groups is 1. The van der Waals surface area contributed by atoms with Gasteiger partial charge in [0.25, 0.3) is 0 Å². The minimum Gasteiger partial charge on any atom is -0.496 e. The maximum absolute atomic E-state index is 8.74. The molecule has 0 atom stereocenters. The fraction of sp³-hybridized carbons (Fsp3) is 0.500. The van der Waals surface area contributed by atoms with Gasteiger partial charge in [0.05, 0.1) is 13.8 Å². The maximum atomic E-state index is 8.74. The summed E-state index contributed by atoms with van der Waals surface area (Å²) in [6.45, 7) is 6.89. The molecule has 0 spiro atoms. The quantitative estimate of drug-likeness (QED) is 0.741. The Labute approximate surface area is 91.1 Å². The maximum Gasteiger partial charge on any atom is 0.122 e. The van der Waals surface area contributed by atoms with Crippen LogP contribution in [0.1, 0.15) is 22.3 Å². The van der Waals surface area contributed by atoms with Crippen molar-refractivity contribution in [2.45, 2.75) is 27.3 Å². The average molecular weight is 209 g/mol. The van der Waals surface area contributed by atoms with Crippen LogP contribution in [-0.2, 0) is 6.54 Å². The first-order chi connectivity index (χ1) is 7.11. The molecule has 0 bridgehead atoms. The molecule has 0 aliphatic rings. The minimum atomic E-state index is 0.00393. The monoisotopic (exact) mass is 209 g/mol. The molecule has 0 saturated carbocycles. The fourth-order valence-corrected chi connectivity index (χ4v) is 1.76. The summed E-state index contributed by atoms with van der Waals surface area (Å²) in [4.78, 5) is 0. The van der Waals surface area contributed by atoms with E-state index in [4.69, 9.17) is 9.84 Å². The summed E-state index contributed by atoms with van der Waals surface area (Å²) in [5, 5.41) is 11.7. The molecule has 1 rings (SSSR count). The lowest BCUT2D eigenvalue weighted by Crippen LogP contribution is -2.16. The SMILES string of the molecule is COc1cc(C)c(CNCO)c(C)c1C. The van der Waals surface area contributed by atoms with E-state index in [2.05, 4.69) is 26.1 Å². The van der Waals surface area contributed by atoms with Gasteiger partial charge in [-0.2, -0.15) is 0 Å². The zero-order valence-electron chi connectivity index (χ0n) is 9.85. The highest BCUT2D eigenvalue weighted by Gasteiger charge is 2.09. The number of ether oxygens (including phenoxy) is 1. The van der Waals surface area contributed by atoms with Crippen LogP contribution in [0.4, 0.5) is 0 Å². The lowest BCUT2D eigenvalue weighted by molar-refractivity contribution is 0.259. The molecule has 0 amide bonds. The second kappa shape index (κ2) is 5.14. The Morgan fingerprint density at radius 2 is 1.93 bits per heavy atom. The normalized spacial score (nSPS) is 10.5. The van der Waals surface area contributed by atoms with E-state index in [1.165, 1.54) is 16.7 Å². The molecule has 0 saturated heterocycles.